The molecule has 3 N–H and O–H groups in total. The number of unbranched alkanes of at least 4 members (excludes halogenated alkanes) is 1. The maximum atomic E-state index is 12.0. The van der Waals surface area contributed by atoms with Gasteiger partial charge in [0.25, 0.3) is 0 Å². The summed E-state index contributed by atoms with van der Waals surface area (Å²) in [5, 5.41) is 2.83. The van der Waals surface area contributed by atoms with E-state index < -0.39 is 6.04 Å². The molecule has 0 radical (unpaired) electrons. The average molecular weight is 284 g/mol. The molecule has 0 spiro atoms. The van der Waals surface area contributed by atoms with Gasteiger partial charge in [-0.3, -0.25) is 9.59 Å². The highest BCUT2D eigenvalue weighted by Gasteiger charge is 2.21. The second-order valence-corrected chi connectivity index (χ2v) is 6.01. The summed E-state index contributed by atoms with van der Waals surface area (Å²) in [6.45, 7) is 8.54. The first-order valence-electron chi connectivity index (χ1n) is 7.95. The number of hydrogen-bond donors (Lipinski definition) is 2. The molecule has 0 aromatic carbocycles. The van der Waals surface area contributed by atoms with Crippen LogP contribution in [-0.2, 0) is 9.59 Å². The summed E-state index contributed by atoms with van der Waals surface area (Å²) >= 11 is 0. The van der Waals surface area contributed by atoms with E-state index >= 15 is 0 Å². The van der Waals surface area contributed by atoms with E-state index in [0.717, 1.165) is 18.8 Å². The van der Waals surface area contributed by atoms with Crippen molar-refractivity contribution in [2.75, 3.05) is 6.54 Å². The van der Waals surface area contributed by atoms with E-state index in [0.29, 0.717) is 19.4 Å². The minimum atomic E-state index is -0.415. The molecular weight excluding hydrogens is 252 g/mol. The second kappa shape index (κ2) is 10.8. The summed E-state index contributed by atoms with van der Waals surface area (Å²) in [5.41, 5.74) is 5.51. The summed E-state index contributed by atoms with van der Waals surface area (Å²) < 4.78 is 0. The zero-order valence-electron chi connectivity index (χ0n) is 13.6. The third-order valence-corrected chi connectivity index (χ3v) is 3.75. The smallest absolute Gasteiger partial charge is 0.220 e. The third-order valence-electron chi connectivity index (χ3n) is 3.75. The highest BCUT2D eigenvalue weighted by atomic mass is 16.2. The van der Waals surface area contributed by atoms with Crippen LogP contribution in [-0.4, -0.2) is 24.3 Å². The molecule has 20 heavy (non-hydrogen) atoms. The van der Waals surface area contributed by atoms with Gasteiger partial charge in [0.05, 0.1) is 6.04 Å². The molecule has 2 unspecified atom stereocenters. The molecule has 0 saturated carbocycles. The van der Waals surface area contributed by atoms with Crippen LogP contribution in [0.15, 0.2) is 0 Å². The lowest BCUT2D eigenvalue weighted by atomic mass is 9.98. The summed E-state index contributed by atoms with van der Waals surface area (Å²) in [4.78, 5) is 23.8. The van der Waals surface area contributed by atoms with E-state index in [1.807, 2.05) is 13.8 Å². The van der Waals surface area contributed by atoms with Crippen LogP contribution in [0.25, 0.3) is 0 Å². The van der Waals surface area contributed by atoms with Crippen molar-refractivity contribution in [1.82, 2.24) is 5.32 Å². The Hall–Kier alpha value is -0.900. The Morgan fingerprint density at radius 2 is 1.75 bits per heavy atom. The molecule has 1 amide bonds. The molecule has 0 bridgehead atoms. The molecule has 0 aliphatic heterocycles. The molecular formula is C16H32N2O2. The fraction of sp³-hybridized carbons (Fsp3) is 0.875. The van der Waals surface area contributed by atoms with Crippen LogP contribution in [0.4, 0.5) is 0 Å². The molecule has 0 rings (SSSR count). The van der Waals surface area contributed by atoms with Crippen molar-refractivity contribution in [2.45, 2.75) is 72.3 Å². The first-order chi connectivity index (χ1) is 9.42. The van der Waals surface area contributed by atoms with Gasteiger partial charge in [0.2, 0.25) is 5.91 Å². The van der Waals surface area contributed by atoms with Crippen LogP contribution >= 0.6 is 0 Å². The maximum absolute atomic E-state index is 12.0. The van der Waals surface area contributed by atoms with Crippen molar-refractivity contribution in [3.63, 3.8) is 0 Å². The molecule has 0 aromatic heterocycles. The van der Waals surface area contributed by atoms with Crippen LogP contribution < -0.4 is 11.1 Å². The molecule has 0 aromatic rings. The number of ketones is 1. The Labute approximate surface area is 123 Å². The monoisotopic (exact) mass is 284 g/mol. The quantitative estimate of drug-likeness (QED) is 0.573. The lowest BCUT2D eigenvalue weighted by Crippen LogP contribution is -2.43. The van der Waals surface area contributed by atoms with Crippen molar-refractivity contribution in [3.05, 3.63) is 0 Å². The summed E-state index contributed by atoms with van der Waals surface area (Å²) in [6.07, 6.45) is 5.34. The van der Waals surface area contributed by atoms with Crippen LogP contribution in [0.3, 0.4) is 0 Å². The normalized spacial score (nSPS) is 14.1. The molecule has 0 aliphatic rings. The number of nitrogens with one attached hydrogen (secondary N) is 1. The average Bonchev–Trinajstić information content (AvgIpc) is 2.41. The Morgan fingerprint density at radius 3 is 2.25 bits per heavy atom. The van der Waals surface area contributed by atoms with E-state index in [4.69, 9.17) is 5.73 Å². The van der Waals surface area contributed by atoms with Crippen molar-refractivity contribution in [1.29, 1.82) is 0 Å². The maximum Gasteiger partial charge on any atom is 0.220 e. The van der Waals surface area contributed by atoms with Gasteiger partial charge in [0.15, 0.2) is 5.78 Å². The fourth-order valence-corrected chi connectivity index (χ4v) is 2.10. The van der Waals surface area contributed by atoms with Crippen molar-refractivity contribution >= 4 is 11.7 Å². The lowest BCUT2D eigenvalue weighted by molar-refractivity contribution is -0.129. The fourth-order valence-electron chi connectivity index (χ4n) is 2.10. The molecule has 2 atom stereocenters. The molecule has 0 heterocycles. The van der Waals surface area contributed by atoms with Gasteiger partial charge >= 0.3 is 0 Å². The van der Waals surface area contributed by atoms with Gasteiger partial charge in [0.1, 0.15) is 0 Å². The van der Waals surface area contributed by atoms with Gasteiger partial charge in [-0.15, -0.1) is 0 Å². The van der Waals surface area contributed by atoms with E-state index in [1.165, 1.54) is 12.8 Å². The number of carbonyl (C=O) groups excluding carboxylic acids is 2. The second-order valence-electron chi connectivity index (χ2n) is 6.01. The van der Waals surface area contributed by atoms with Gasteiger partial charge in [-0.25, -0.2) is 0 Å². The van der Waals surface area contributed by atoms with Crippen LogP contribution in [0, 0.1) is 11.8 Å². The molecule has 0 aliphatic carbocycles. The number of rotatable bonds is 11. The topological polar surface area (TPSA) is 72.2 Å². The highest BCUT2D eigenvalue weighted by molar-refractivity contribution is 5.90. The number of nitrogens with two attached hydrogens (primary N) is 1. The summed E-state index contributed by atoms with van der Waals surface area (Å²) in [5.74, 6) is 0.702. The Morgan fingerprint density at radius 1 is 1.10 bits per heavy atom. The van der Waals surface area contributed by atoms with Crippen LogP contribution in [0.5, 0.6) is 0 Å². The number of carbonyl (C=O) groups is 2. The first-order valence-corrected chi connectivity index (χ1v) is 7.95. The minimum absolute atomic E-state index is 0.0263. The molecule has 4 nitrogen and oxygen atoms in total. The van der Waals surface area contributed by atoms with E-state index in [9.17, 15) is 9.59 Å². The van der Waals surface area contributed by atoms with E-state index in [-0.39, 0.29) is 17.6 Å². The predicted molar refractivity (Wildman–Crippen MR) is 83.4 cm³/mol. The van der Waals surface area contributed by atoms with Crippen LogP contribution in [0.2, 0.25) is 0 Å². The van der Waals surface area contributed by atoms with Gasteiger partial charge in [0, 0.05) is 12.3 Å². The largest absolute Gasteiger partial charge is 0.346 e. The Kier molecular flexibility index (Phi) is 10.3. The molecule has 0 saturated heterocycles. The van der Waals surface area contributed by atoms with Crippen molar-refractivity contribution in [3.8, 4) is 0 Å². The Bertz CT molecular complexity index is 290. The van der Waals surface area contributed by atoms with E-state index in [1.54, 1.807) is 0 Å². The Balaban J connectivity index is 4.04. The minimum Gasteiger partial charge on any atom is -0.346 e. The van der Waals surface area contributed by atoms with Crippen LogP contribution in [0.1, 0.15) is 66.2 Å². The zero-order valence-corrected chi connectivity index (χ0v) is 13.6. The van der Waals surface area contributed by atoms with Gasteiger partial charge < -0.3 is 11.1 Å². The van der Waals surface area contributed by atoms with Crippen molar-refractivity contribution in [2.24, 2.45) is 17.6 Å². The van der Waals surface area contributed by atoms with Crippen molar-refractivity contribution < 1.29 is 9.59 Å². The summed E-state index contributed by atoms with van der Waals surface area (Å²) in [7, 11) is 0. The number of hydrogen-bond acceptors (Lipinski definition) is 3. The van der Waals surface area contributed by atoms with E-state index in [2.05, 4.69) is 19.2 Å². The third kappa shape index (κ3) is 8.31. The molecule has 0 fully saturated rings. The van der Waals surface area contributed by atoms with Gasteiger partial charge in [-0.05, 0) is 25.3 Å². The zero-order chi connectivity index (χ0) is 15.5. The predicted octanol–water partition coefficient (Wildman–Crippen LogP) is 2.65. The summed E-state index contributed by atoms with van der Waals surface area (Å²) in [6, 6.07) is -0.415. The standard InChI is InChI=1S/C16H32N2O2/c1-5-13(4)8-6-7-9-15(19)18-14(10-11-17)16(20)12(2)3/h12-14H,5-11,17H2,1-4H3,(H,18,19). The van der Waals surface area contributed by atoms with Gasteiger partial charge in [-0.1, -0.05) is 47.0 Å². The SMILES string of the molecule is CCC(C)CCCCC(=O)NC(CCN)C(=O)C(C)C. The number of amides is 1. The lowest BCUT2D eigenvalue weighted by Gasteiger charge is -2.19. The molecule has 118 valence electrons. The highest BCUT2D eigenvalue weighted by Crippen LogP contribution is 2.12. The number of Topliss-reactive ketones (excluding diaryl/α,β-unsaturated/α-hetero) is 1. The molecule has 4 heteroatoms. The van der Waals surface area contributed by atoms with Gasteiger partial charge in [-0.2, -0.15) is 0 Å². The first kappa shape index (κ1) is 19.1.